The van der Waals surface area contributed by atoms with Gasteiger partial charge in [-0.2, -0.15) is 0 Å². The maximum atomic E-state index is 11.8. The van der Waals surface area contributed by atoms with Crippen LogP contribution in [-0.4, -0.2) is 46.3 Å². The van der Waals surface area contributed by atoms with Gasteiger partial charge >= 0.3 is 0 Å². The van der Waals surface area contributed by atoms with E-state index in [1.54, 1.807) is 12.1 Å². The van der Waals surface area contributed by atoms with Gasteiger partial charge in [-0.15, -0.1) is 0 Å². The van der Waals surface area contributed by atoms with E-state index in [2.05, 4.69) is 26.0 Å². The summed E-state index contributed by atoms with van der Waals surface area (Å²) in [4.78, 5) is 0. The van der Waals surface area contributed by atoms with Crippen LogP contribution in [-0.2, 0) is 5.41 Å². The number of phenols is 6. The zero-order valence-electron chi connectivity index (χ0n) is 25.4. The van der Waals surface area contributed by atoms with Crippen molar-refractivity contribution < 1.29 is 30.6 Å². The van der Waals surface area contributed by atoms with Crippen molar-refractivity contribution in [2.75, 3.05) is 0 Å². The number of rotatable bonds is 2. The minimum absolute atomic E-state index is 0.0379. The predicted molar refractivity (Wildman–Crippen MR) is 188 cm³/mol. The normalized spacial score (nSPS) is 13.3. The lowest BCUT2D eigenvalue weighted by molar-refractivity contribution is 0.351. The van der Waals surface area contributed by atoms with Crippen molar-refractivity contribution in [1.82, 2.24) is 0 Å². The SMILES string of the molecule is [B]c1c([B])c(O)c2c(-c3cccc4ccccc34)c3c(O)c(O)c(O)c(O)c3c(-c3ccc4c(c3)C(C)(C)c3ccccc3-4)c2c1O. The fourth-order valence-electron chi connectivity index (χ4n) is 7.54. The molecular weight excluding hydrogens is 586 g/mol. The molecule has 0 amide bonds. The van der Waals surface area contributed by atoms with Gasteiger partial charge in [0, 0.05) is 38.1 Å². The molecule has 6 N–H and O–H groups in total. The third-order valence-electron chi connectivity index (χ3n) is 9.85. The van der Waals surface area contributed by atoms with Crippen LogP contribution in [0.25, 0.3) is 65.7 Å². The summed E-state index contributed by atoms with van der Waals surface area (Å²) in [5.41, 5.74) is 4.52. The van der Waals surface area contributed by atoms with Crippen LogP contribution in [0.5, 0.6) is 34.5 Å². The van der Waals surface area contributed by atoms with Crippen LogP contribution in [0.1, 0.15) is 25.0 Å². The first-order valence-corrected chi connectivity index (χ1v) is 15.1. The molecule has 8 rings (SSSR count). The molecule has 0 aromatic heterocycles. The van der Waals surface area contributed by atoms with Gasteiger partial charge in [0.25, 0.3) is 0 Å². The Labute approximate surface area is 272 Å². The Bertz CT molecular complexity index is 2450. The lowest BCUT2D eigenvalue weighted by Gasteiger charge is -2.25. The van der Waals surface area contributed by atoms with E-state index < -0.39 is 39.9 Å². The van der Waals surface area contributed by atoms with E-state index in [9.17, 15) is 30.6 Å². The number of hydrogen-bond donors (Lipinski definition) is 6. The summed E-state index contributed by atoms with van der Waals surface area (Å²) in [6.07, 6.45) is 0. The van der Waals surface area contributed by atoms with Crippen molar-refractivity contribution in [2.24, 2.45) is 0 Å². The Morgan fingerprint density at radius 2 is 0.979 bits per heavy atom. The van der Waals surface area contributed by atoms with Crippen LogP contribution < -0.4 is 10.9 Å². The molecule has 1 aliphatic rings. The third kappa shape index (κ3) is 3.64. The smallest absolute Gasteiger partial charge is 0.204 e. The van der Waals surface area contributed by atoms with Crippen LogP contribution in [0.4, 0.5) is 0 Å². The maximum absolute atomic E-state index is 11.8. The average Bonchev–Trinajstić information content (AvgIpc) is 3.32. The second-order valence-corrected chi connectivity index (χ2v) is 12.6. The van der Waals surface area contributed by atoms with Crippen LogP contribution in [0, 0.1) is 0 Å². The second-order valence-electron chi connectivity index (χ2n) is 12.6. The van der Waals surface area contributed by atoms with Gasteiger partial charge in [-0.05, 0) is 50.2 Å². The lowest BCUT2D eigenvalue weighted by atomic mass is 9.73. The first-order chi connectivity index (χ1) is 22.4. The van der Waals surface area contributed by atoms with E-state index in [0.717, 1.165) is 27.6 Å². The molecule has 224 valence electrons. The molecule has 0 heterocycles. The molecule has 0 unspecified atom stereocenters. The van der Waals surface area contributed by atoms with E-state index in [1.807, 2.05) is 60.7 Å². The quantitative estimate of drug-likeness (QED) is 0.0566. The molecule has 7 aromatic rings. The number of fused-ring (bicyclic) bond motifs is 6. The Morgan fingerprint density at radius 1 is 0.468 bits per heavy atom. The molecule has 0 saturated carbocycles. The third-order valence-corrected chi connectivity index (χ3v) is 9.85. The maximum Gasteiger partial charge on any atom is 0.204 e. The lowest BCUT2D eigenvalue weighted by Crippen LogP contribution is -2.26. The summed E-state index contributed by atoms with van der Waals surface area (Å²) in [5.74, 6) is -4.26. The van der Waals surface area contributed by atoms with Crippen molar-refractivity contribution in [3.8, 4) is 67.9 Å². The van der Waals surface area contributed by atoms with Gasteiger partial charge < -0.3 is 30.6 Å². The molecule has 4 radical (unpaired) electrons. The van der Waals surface area contributed by atoms with Crippen molar-refractivity contribution in [1.29, 1.82) is 0 Å². The molecule has 0 spiro atoms. The first kappa shape index (κ1) is 28.7. The number of aromatic hydroxyl groups is 6. The minimum Gasteiger partial charge on any atom is -0.508 e. The van der Waals surface area contributed by atoms with Crippen LogP contribution in [0.3, 0.4) is 0 Å². The summed E-state index contributed by atoms with van der Waals surface area (Å²) in [6, 6.07) is 26.7. The molecule has 0 fully saturated rings. The van der Waals surface area contributed by atoms with E-state index >= 15 is 0 Å². The molecule has 8 heteroatoms. The summed E-state index contributed by atoms with van der Waals surface area (Å²) < 4.78 is 0. The van der Waals surface area contributed by atoms with Crippen LogP contribution in [0.2, 0.25) is 0 Å². The van der Waals surface area contributed by atoms with E-state index in [0.29, 0.717) is 16.5 Å². The van der Waals surface area contributed by atoms with Crippen molar-refractivity contribution in [2.45, 2.75) is 19.3 Å². The Kier molecular flexibility index (Phi) is 5.88. The molecule has 7 aromatic carbocycles. The van der Waals surface area contributed by atoms with Gasteiger partial charge in [-0.1, -0.05) is 104 Å². The monoisotopic (exact) mass is 612 g/mol. The second kappa shape index (κ2) is 9.63. The molecule has 0 atom stereocenters. The highest BCUT2D eigenvalue weighted by Gasteiger charge is 2.37. The fraction of sp³-hybridized carbons (Fsp3) is 0.0769. The summed E-state index contributed by atoms with van der Waals surface area (Å²) in [5, 5.41) is 70.2. The van der Waals surface area contributed by atoms with Crippen molar-refractivity contribution in [3.05, 3.63) is 96.1 Å². The molecule has 1 aliphatic carbocycles. The largest absolute Gasteiger partial charge is 0.508 e. The molecule has 0 saturated heterocycles. The molecular formula is C39H26B2O6. The Hall–Kier alpha value is -5.75. The number of benzene rings is 7. The zero-order valence-corrected chi connectivity index (χ0v) is 25.4. The summed E-state index contributed by atoms with van der Waals surface area (Å²) in [7, 11) is 12.6. The molecule has 0 aliphatic heterocycles. The van der Waals surface area contributed by atoms with E-state index in [4.69, 9.17) is 15.7 Å². The van der Waals surface area contributed by atoms with Gasteiger partial charge in [0.15, 0.2) is 11.5 Å². The average molecular weight is 612 g/mol. The Morgan fingerprint density at radius 3 is 1.68 bits per heavy atom. The highest BCUT2D eigenvalue weighted by molar-refractivity contribution is 6.54. The van der Waals surface area contributed by atoms with Crippen molar-refractivity contribution in [3.63, 3.8) is 0 Å². The molecule has 47 heavy (non-hydrogen) atoms. The van der Waals surface area contributed by atoms with E-state index in [1.165, 1.54) is 0 Å². The molecule has 0 bridgehead atoms. The summed E-state index contributed by atoms with van der Waals surface area (Å²) in [6.45, 7) is 4.22. The zero-order chi connectivity index (χ0) is 33.1. The predicted octanol–water partition coefficient (Wildman–Crippen LogP) is 6.61. The van der Waals surface area contributed by atoms with Crippen LogP contribution in [0.15, 0.2) is 84.9 Å². The molecule has 6 nitrogen and oxygen atoms in total. The first-order valence-electron chi connectivity index (χ1n) is 15.1. The van der Waals surface area contributed by atoms with Gasteiger partial charge in [0.2, 0.25) is 11.5 Å². The van der Waals surface area contributed by atoms with Gasteiger partial charge in [-0.3, -0.25) is 0 Å². The van der Waals surface area contributed by atoms with Crippen molar-refractivity contribution >= 4 is 58.9 Å². The fourth-order valence-corrected chi connectivity index (χ4v) is 7.54. The topological polar surface area (TPSA) is 121 Å². The van der Waals surface area contributed by atoms with Gasteiger partial charge in [0.05, 0.1) is 0 Å². The minimum atomic E-state index is -0.945. The van der Waals surface area contributed by atoms with Crippen LogP contribution >= 0.6 is 0 Å². The highest BCUT2D eigenvalue weighted by atomic mass is 16.3. The van der Waals surface area contributed by atoms with E-state index in [-0.39, 0.29) is 43.6 Å². The van der Waals surface area contributed by atoms with Gasteiger partial charge in [0.1, 0.15) is 27.2 Å². The standard InChI is InChI=1S/C39H26B2O6/c1-39(2)23-13-6-5-11-20(23)21-15-14-18(16-24(21)39)25-27-29(34(43)32(41)31(40)33(27)42)26(22-12-7-9-17-8-3-4-10-19(17)22)30-28(25)35(44)37(46)38(47)36(30)45/h3-16,42-47H,1-2H3. The van der Waals surface area contributed by atoms with Gasteiger partial charge in [-0.25, -0.2) is 0 Å². The summed E-state index contributed by atoms with van der Waals surface area (Å²) >= 11 is 0. The Balaban J connectivity index is 1.65. The number of hydrogen-bond acceptors (Lipinski definition) is 6. The number of phenolic OH excluding ortho intramolecular Hbond substituents is 6. The highest BCUT2D eigenvalue weighted by Crippen LogP contribution is 2.59.